The maximum atomic E-state index is 15.0. The van der Waals surface area contributed by atoms with E-state index < -0.39 is 6.03 Å². The number of anilines is 2. The van der Waals surface area contributed by atoms with Crippen molar-refractivity contribution < 1.29 is 18.7 Å². The van der Waals surface area contributed by atoms with Crippen molar-refractivity contribution in [3.8, 4) is 0 Å². The van der Waals surface area contributed by atoms with E-state index in [1.54, 1.807) is 41.4 Å². The number of carbonyl (C=O) groups excluding carboxylic acids is 2. The van der Waals surface area contributed by atoms with Gasteiger partial charge in [0.15, 0.2) is 5.82 Å². The lowest BCUT2D eigenvalue weighted by Crippen LogP contribution is -2.49. The van der Waals surface area contributed by atoms with Crippen LogP contribution in [0.5, 0.6) is 0 Å². The lowest BCUT2D eigenvalue weighted by molar-refractivity contribution is 0.121. The largest absolute Gasteiger partial charge is 0.453 e. The standard InChI is InChI=1S/C20H24FN5O3/c1-14-6-7-16(13-22-14)24-19(27)23-12-15-4-3-5-17(18(15)21)25-8-10-26(11-9-25)20(28)29-2/h3-7,13H,8-12H2,1-2H3,(H2,23,24,27). The molecule has 1 aromatic carbocycles. The van der Waals surface area contributed by atoms with Crippen LogP contribution >= 0.6 is 0 Å². The van der Waals surface area contributed by atoms with Crippen LogP contribution in [0.4, 0.5) is 25.4 Å². The molecule has 9 heteroatoms. The van der Waals surface area contributed by atoms with Crippen LogP contribution in [-0.4, -0.2) is 55.3 Å². The summed E-state index contributed by atoms with van der Waals surface area (Å²) in [7, 11) is 1.34. The highest BCUT2D eigenvalue weighted by atomic mass is 19.1. The number of ether oxygens (including phenoxy) is 1. The van der Waals surface area contributed by atoms with Gasteiger partial charge in [0.2, 0.25) is 0 Å². The number of halogens is 1. The van der Waals surface area contributed by atoms with Crippen LogP contribution in [0.2, 0.25) is 0 Å². The zero-order chi connectivity index (χ0) is 20.8. The monoisotopic (exact) mass is 401 g/mol. The molecule has 1 aromatic heterocycles. The zero-order valence-corrected chi connectivity index (χ0v) is 16.4. The number of urea groups is 1. The fourth-order valence-electron chi connectivity index (χ4n) is 3.10. The summed E-state index contributed by atoms with van der Waals surface area (Å²) in [5, 5.41) is 5.32. The Balaban J connectivity index is 1.58. The molecule has 2 N–H and O–H groups in total. The van der Waals surface area contributed by atoms with Crippen molar-refractivity contribution in [1.29, 1.82) is 0 Å². The number of rotatable bonds is 4. The molecule has 0 unspecified atom stereocenters. The van der Waals surface area contributed by atoms with Gasteiger partial charge in [0.25, 0.3) is 0 Å². The Morgan fingerprint density at radius 3 is 2.59 bits per heavy atom. The van der Waals surface area contributed by atoms with Gasteiger partial charge in [-0.15, -0.1) is 0 Å². The van der Waals surface area contributed by atoms with E-state index in [1.165, 1.54) is 7.11 Å². The third kappa shape index (κ3) is 5.13. The molecule has 0 radical (unpaired) electrons. The fourth-order valence-corrected chi connectivity index (χ4v) is 3.10. The number of hydrogen-bond donors (Lipinski definition) is 2. The number of nitrogens with one attached hydrogen (secondary N) is 2. The molecule has 2 aromatic rings. The molecular formula is C20H24FN5O3. The highest BCUT2D eigenvalue weighted by molar-refractivity contribution is 5.88. The quantitative estimate of drug-likeness (QED) is 0.823. The van der Waals surface area contributed by atoms with Crippen molar-refractivity contribution in [3.63, 3.8) is 0 Å². The minimum absolute atomic E-state index is 0.0485. The first-order valence-electron chi connectivity index (χ1n) is 9.30. The van der Waals surface area contributed by atoms with E-state index in [-0.39, 0.29) is 18.5 Å². The van der Waals surface area contributed by atoms with Gasteiger partial charge < -0.3 is 25.2 Å². The molecule has 0 aliphatic carbocycles. The van der Waals surface area contributed by atoms with E-state index in [0.717, 1.165) is 5.69 Å². The summed E-state index contributed by atoms with van der Waals surface area (Å²) >= 11 is 0. The number of nitrogens with zero attached hydrogens (tertiary/aromatic N) is 3. The van der Waals surface area contributed by atoms with Gasteiger partial charge in [0.1, 0.15) is 0 Å². The van der Waals surface area contributed by atoms with Gasteiger partial charge in [-0.25, -0.2) is 14.0 Å². The van der Waals surface area contributed by atoms with E-state index in [4.69, 9.17) is 4.74 Å². The summed E-state index contributed by atoms with van der Waals surface area (Å²) < 4.78 is 19.7. The van der Waals surface area contributed by atoms with Crippen LogP contribution in [0.15, 0.2) is 36.5 Å². The predicted molar refractivity (Wildman–Crippen MR) is 107 cm³/mol. The second-order valence-electron chi connectivity index (χ2n) is 6.69. The van der Waals surface area contributed by atoms with Gasteiger partial charge in [-0.2, -0.15) is 0 Å². The number of aryl methyl sites for hydroxylation is 1. The SMILES string of the molecule is COC(=O)N1CCN(c2cccc(CNC(=O)Nc3ccc(C)nc3)c2F)CC1. The first-order valence-corrected chi connectivity index (χ1v) is 9.30. The Morgan fingerprint density at radius 1 is 1.17 bits per heavy atom. The molecule has 2 heterocycles. The maximum Gasteiger partial charge on any atom is 0.409 e. The molecule has 8 nitrogen and oxygen atoms in total. The van der Waals surface area contributed by atoms with Crippen molar-refractivity contribution in [2.75, 3.05) is 43.5 Å². The Bertz CT molecular complexity index is 867. The average molecular weight is 401 g/mol. The second-order valence-corrected chi connectivity index (χ2v) is 6.69. The number of aromatic nitrogens is 1. The number of amides is 3. The first kappa shape index (κ1) is 20.4. The van der Waals surface area contributed by atoms with E-state index in [2.05, 4.69) is 15.6 Å². The summed E-state index contributed by atoms with van der Waals surface area (Å²) in [6.07, 6.45) is 1.18. The first-order chi connectivity index (χ1) is 14.0. The molecule has 154 valence electrons. The number of benzene rings is 1. The van der Waals surface area contributed by atoms with Crippen LogP contribution in [0, 0.1) is 12.7 Å². The molecule has 3 amide bonds. The van der Waals surface area contributed by atoms with Crippen LogP contribution in [0.25, 0.3) is 0 Å². The molecule has 0 bridgehead atoms. The zero-order valence-electron chi connectivity index (χ0n) is 16.4. The number of piperazine rings is 1. The fraction of sp³-hybridized carbons (Fsp3) is 0.350. The molecule has 1 fully saturated rings. The van der Waals surface area contributed by atoms with Crippen LogP contribution in [0.1, 0.15) is 11.3 Å². The van der Waals surface area contributed by atoms with E-state index in [0.29, 0.717) is 43.1 Å². The normalized spacial score (nSPS) is 13.8. The molecule has 3 rings (SSSR count). The minimum Gasteiger partial charge on any atom is -0.453 e. The Morgan fingerprint density at radius 2 is 1.93 bits per heavy atom. The second kappa shape index (κ2) is 9.22. The highest BCUT2D eigenvalue weighted by Crippen LogP contribution is 2.24. The summed E-state index contributed by atoms with van der Waals surface area (Å²) in [6, 6.07) is 8.19. The van der Waals surface area contributed by atoms with Crippen molar-refractivity contribution in [2.45, 2.75) is 13.5 Å². The van der Waals surface area contributed by atoms with Crippen molar-refractivity contribution in [3.05, 3.63) is 53.6 Å². The number of methoxy groups -OCH3 is 1. The topological polar surface area (TPSA) is 86.8 Å². The van der Waals surface area contributed by atoms with Crippen molar-refractivity contribution >= 4 is 23.5 Å². The molecular weight excluding hydrogens is 377 g/mol. The number of pyridine rings is 1. The smallest absolute Gasteiger partial charge is 0.409 e. The molecule has 0 atom stereocenters. The molecule has 1 saturated heterocycles. The van der Waals surface area contributed by atoms with Gasteiger partial charge >= 0.3 is 12.1 Å². The molecule has 1 aliphatic heterocycles. The van der Waals surface area contributed by atoms with Gasteiger partial charge in [-0.1, -0.05) is 12.1 Å². The Labute approximate surface area is 168 Å². The maximum absolute atomic E-state index is 15.0. The average Bonchev–Trinajstić information content (AvgIpc) is 2.74. The summed E-state index contributed by atoms with van der Waals surface area (Å²) in [6.45, 7) is 3.83. The Kier molecular flexibility index (Phi) is 6.48. The number of carbonyl (C=O) groups is 2. The molecule has 0 spiro atoms. The third-order valence-electron chi connectivity index (χ3n) is 4.72. The van der Waals surface area contributed by atoms with Gasteiger partial charge in [-0.3, -0.25) is 4.98 Å². The van der Waals surface area contributed by atoms with Gasteiger partial charge in [0, 0.05) is 44.0 Å². The summed E-state index contributed by atoms with van der Waals surface area (Å²) in [5.74, 6) is -0.378. The van der Waals surface area contributed by atoms with Crippen molar-refractivity contribution in [2.24, 2.45) is 0 Å². The Hall–Kier alpha value is -3.36. The molecule has 0 saturated carbocycles. The van der Waals surface area contributed by atoms with Crippen LogP contribution in [0.3, 0.4) is 0 Å². The van der Waals surface area contributed by atoms with Crippen LogP contribution in [-0.2, 0) is 11.3 Å². The molecule has 29 heavy (non-hydrogen) atoms. The minimum atomic E-state index is -0.438. The van der Waals surface area contributed by atoms with E-state index in [1.807, 2.05) is 11.8 Å². The van der Waals surface area contributed by atoms with Gasteiger partial charge in [-0.05, 0) is 25.1 Å². The van der Waals surface area contributed by atoms with E-state index >= 15 is 0 Å². The predicted octanol–water partition coefficient (Wildman–Crippen LogP) is 2.74. The third-order valence-corrected chi connectivity index (χ3v) is 4.72. The van der Waals surface area contributed by atoms with Crippen LogP contribution < -0.4 is 15.5 Å². The lowest BCUT2D eigenvalue weighted by Gasteiger charge is -2.35. The summed E-state index contributed by atoms with van der Waals surface area (Å²) in [5.41, 5.74) is 2.25. The van der Waals surface area contributed by atoms with Gasteiger partial charge in [0.05, 0.1) is 24.7 Å². The number of hydrogen-bond acceptors (Lipinski definition) is 5. The van der Waals surface area contributed by atoms with E-state index in [9.17, 15) is 14.0 Å². The summed E-state index contributed by atoms with van der Waals surface area (Å²) in [4.78, 5) is 31.2. The molecule has 1 aliphatic rings. The van der Waals surface area contributed by atoms with Crippen molar-refractivity contribution in [1.82, 2.24) is 15.2 Å². The lowest BCUT2D eigenvalue weighted by atomic mass is 10.1. The highest BCUT2D eigenvalue weighted by Gasteiger charge is 2.24.